The molecule has 6 nitrogen and oxygen atoms in total. The molecule has 3 saturated heterocycles. The molecule has 3 heterocycles. The van der Waals surface area contributed by atoms with Crippen LogP contribution in [0.2, 0.25) is 0 Å². The fraction of sp³-hybridized carbons (Fsp3) is 0.846. The lowest BCUT2D eigenvalue weighted by Crippen LogP contribution is -2.57. The van der Waals surface area contributed by atoms with Crippen molar-refractivity contribution in [2.75, 3.05) is 39.3 Å². The predicted octanol–water partition coefficient (Wildman–Crippen LogP) is -0.388. The molecule has 0 saturated carbocycles. The SMILES string of the molecule is CC1(C(=O)N2CCN3C(=O)NCC3C2)CCNCC1. The van der Waals surface area contributed by atoms with E-state index in [4.69, 9.17) is 0 Å². The van der Waals surface area contributed by atoms with Gasteiger partial charge in [-0.25, -0.2) is 4.79 Å². The van der Waals surface area contributed by atoms with Crippen LogP contribution in [0, 0.1) is 5.41 Å². The van der Waals surface area contributed by atoms with Gasteiger partial charge in [-0.2, -0.15) is 0 Å². The van der Waals surface area contributed by atoms with Gasteiger partial charge in [0.2, 0.25) is 5.91 Å². The molecule has 19 heavy (non-hydrogen) atoms. The van der Waals surface area contributed by atoms with Crippen LogP contribution in [-0.4, -0.2) is 67.0 Å². The maximum Gasteiger partial charge on any atom is 0.317 e. The fourth-order valence-electron chi connectivity index (χ4n) is 3.36. The van der Waals surface area contributed by atoms with Gasteiger partial charge in [-0.05, 0) is 25.9 Å². The van der Waals surface area contributed by atoms with Gasteiger partial charge in [0.15, 0.2) is 0 Å². The Bertz CT molecular complexity index is 392. The van der Waals surface area contributed by atoms with Crippen molar-refractivity contribution in [3.63, 3.8) is 0 Å². The zero-order valence-corrected chi connectivity index (χ0v) is 11.4. The predicted molar refractivity (Wildman–Crippen MR) is 70.7 cm³/mol. The Labute approximate surface area is 113 Å². The van der Waals surface area contributed by atoms with Gasteiger partial charge in [0.1, 0.15) is 0 Å². The minimum atomic E-state index is -0.219. The summed E-state index contributed by atoms with van der Waals surface area (Å²) in [6.45, 7) is 6.61. The summed E-state index contributed by atoms with van der Waals surface area (Å²) in [7, 11) is 0. The number of carbonyl (C=O) groups is 2. The number of fused-ring (bicyclic) bond motifs is 1. The van der Waals surface area contributed by atoms with Crippen molar-refractivity contribution < 1.29 is 9.59 Å². The van der Waals surface area contributed by atoms with Crippen LogP contribution < -0.4 is 10.6 Å². The van der Waals surface area contributed by atoms with Gasteiger partial charge in [-0.15, -0.1) is 0 Å². The number of hydrogen-bond donors (Lipinski definition) is 2. The molecule has 3 fully saturated rings. The van der Waals surface area contributed by atoms with Gasteiger partial charge < -0.3 is 20.4 Å². The smallest absolute Gasteiger partial charge is 0.317 e. The summed E-state index contributed by atoms with van der Waals surface area (Å²) >= 11 is 0. The number of hydrogen-bond acceptors (Lipinski definition) is 3. The van der Waals surface area contributed by atoms with Crippen LogP contribution in [0.1, 0.15) is 19.8 Å². The van der Waals surface area contributed by atoms with Crippen LogP contribution in [0.25, 0.3) is 0 Å². The quantitative estimate of drug-likeness (QED) is 0.679. The van der Waals surface area contributed by atoms with Crippen molar-refractivity contribution in [1.82, 2.24) is 20.4 Å². The lowest BCUT2D eigenvalue weighted by molar-refractivity contribution is -0.145. The van der Waals surface area contributed by atoms with Gasteiger partial charge in [-0.1, -0.05) is 6.92 Å². The minimum Gasteiger partial charge on any atom is -0.338 e. The van der Waals surface area contributed by atoms with Gasteiger partial charge in [-0.3, -0.25) is 4.79 Å². The molecule has 1 unspecified atom stereocenters. The summed E-state index contributed by atoms with van der Waals surface area (Å²) in [5.74, 6) is 0.271. The molecule has 3 rings (SSSR count). The molecular formula is C13H22N4O2. The molecule has 0 spiro atoms. The molecule has 3 aliphatic rings. The van der Waals surface area contributed by atoms with Gasteiger partial charge in [0.05, 0.1) is 6.04 Å². The van der Waals surface area contributed by atoms with Gasteiger partial charge >= 0.3 is 6.03 Å². The first-order valence-corrected chi connectivity index (χ1v) is 7.15. The summed E-state index contributed by atoms with van der Waals surface area (Å²) in [5, 5.41) is 6.16. The molecule has 0 aromatic carbocycles. The van der Waals surface area contributed by atoms with Crippen molar-refractivity contribution in [2.24, 2.45) is 5.41 Å². The first kappa shape index (κ1) is 12.7. The molecular weight excluding hydrogens is 244 g/mol. The second kappa shape index (κ2) is 4.67. The molecule has 0 aromatic heterocycles. The van der Waals surface area contributed by atoms with E-state index in [1.807, 2.05) is 9.80 Å². The second-order valence-electron chi connectivity index (χ2n) is 6.10. The van der Waals surface area contributed by atoms with E-state index in [9.17, 15) is 9.59 Å². The maximum absolute atomic E-state index is 12.7. The Morgan fingerprint density at radius 3 is 2.79 bits per heavy atom. The molecule has 1 atom stereocenters. The summed E-state index contributed by atoms with van der Waals surface area (Å²) in [4.78, 5) is 28.1. The van der Waals surface area contributed by atoms with Crippen molar-refractivity contribution in [3.8, 4) is 0 Å². The zero-order valence-electron chi connectivity index (χ0n) is 11.4. The Balaban J connectivity index is 1.66. The summed E-state index contributed by atoms with van der Waals surface area (Å²) in [6, 6.07) is 0.181. The van der Waals surface area contributed by atoms with E-state index in [1.165, 1.54) is 0 Å². The van der Waals surface area contributed by atoms with E-state index in [2.05, 4.69) is 17.6 Å². The highest BCUT2D eigenvalue weighted by molar-refractivity contribution is 5.83. The molecule has 106 valence electrons. The van der Waals surface area contributed by atoms with Crippen molar-refractivity contribution in [1.29, 1.82) is 0 Å². The van der Waals surface area contributed by atoms with E-state index < -0.39 is 0 Å². The molecule has 0 radical (unpaired) electrons. The molecule has 2 N–H and O–H groups in total. The third kappa shape index (κ3) is 2.18. The summed E-state index contributed by atoms with van der Waals surface area (Å²) in [6.07, 6.45) is 1.82. The number of urea groups is 1. The van der Waals surface area contributed by atoms with Crippen molar-refractivity contribution >= 4 is 11.9 Å². The van der Waals surface area contributed by atoms with Gasteiger partial charge in [0.25, 0.3) is 0 Å². The largest absolute Gasteiger partial charge is 0.338 e. The third-order valence-corrected chi connectivity index (χ3v) is 4.74. The standard InChI is InChI=1S/C13H22N4O2/c1-13(2-4-14-5-3-13)11(18)16-6-7-17-10(9-16)8-15-12(17)19/h10,14H,2-9H2,1H3,(H,15,19). The first-order chi connectivity index (χ1) is 9.10. The Morgan fingerprint density at radius 1 is 1.32 bits per heavy atom. The molecule has 3 aliphatic heterocycles. The number of rotatable bonds is 1. The molecule has 0 bridgehead atoms. The monoisotopic (exact) mass is 266 g/mol. The maximum atomic E-state index is 12.7. The Morgan fingerprint density at radius 2 is 2.05 bits per heavy atom. The molecule has 3 amide bonds. The van der Waals surface area contributed by atoms with E-state index >= 15 is 0 Å². The number of piperazine rings is 1. The highest BCUT2D eigenvalue weighted by Gasteiger charge is 2.42. The van der Waals surface area contributed by atoms with Crippen LogP contribution in [0.15, 0.2) is 0 Å². The van der Waals surface area contributed by atoms with Crippen molar-refractivity contribution in [2.45, 2.75) is 25.8 Å². The van der Waals surface area contributed by atoms with Gasteiger partial charge in [0, 0.05) is 31.6 Å². The molecule has 0 aliphatic carbocycles. The van der Waals surface area contributed by atoms with E-state index in [0.29, 0.717) is 26.2 Å². The van der Waals surface area contributed by atoms with Crippen LogP contribution in [0.5, 0.6) is 0 Å². The molecule has 6 heteroatoms. The zero-order chi connectivity index (χ0) is 13.5. The average Bonchev–Trinajstić information content (AvgIpc) is 2.80. The summed E-state index contributed by atoms with van der Waals surface area (Å²) < 4.78 is 0. The van der Waals surface area contributed by atoms with Crippen LogP contribution in [0.3, 0.4) is 0 Å². The highest BCUT2D eigenvalue weighted by atomic mass is 16.2. The second-order valence-corrected chi connectivity index (χ2v) is 6.10. The minimum absolute atomic E-state index is 0.0187. The Hall–Kier alpha value is -1.30. The van der Waals surface area contributed by atoms with Crippen LogP contribution in [0.4, 0.5) is 4.79 Å². The number of piperidine rings is 1. The third-order valence-electron chi connectivity index (χ3n) is 4.74. The number of carbonyl (C=O) groups excluding carboxylic acids is 2. The Kier molecular flexibility index (Phi) is 3.12. The lowest BCUT2D eigenvalue weighted by atomic mass is 9.79. The lowest BCUT2D eigenvalue weighted by Gasteiger charge is -2.42. The topological polar surface area (TPSA) is 64.7 Å². The number of amides is 3. The normalized spacial score (nSPS) is 29.9. The fourth-order valence-corrected chi connectivity index (χ4v) is 3.36. The van der Waals surface area contributed by atoms with Crippen LogP contribution >= 0.6 is 0 Å². The van der Waals surface area contributed by atoms with E-state index in [1.54, 1.807) is 0 Å². The number of nitrogens with one attached hydrogen (secondary N) is 2. The van der Waals surface area contributed by atoms with Crippen molar-refractivity contribution in [3.05, 3.63) is 0 Å². The first-order valence-electron chi connectivity index (χ1n) is 7.15. The summed E-state index contributed by atoms with van der Waals surface area (Å²) in [5.41, 5.74) is -0.219. The number of nitrogens with zero attached hydrogens (tertiary/aromatic N) is 2. The van der Waals surface area contributed by atoms with Crippen LogP contribution in [-0.2, 0) is 4.79 Å². The van der Waals surface area contributed by atoms with E-state index in [0.717, 1.165) is 25.9 Å². The molecule has 0 aromatic rings. The van der Waals surface area contributed by atoms with E-state index in [-0.39, 0.29) is 23.4 Å². The highest BCUT2D eigenvalue weighted by Crippen LogP contribution is 2.31. The average molecular weight is 266 g/mol.